The van der Waals surface area contributed by atoms with Gasteiger partial charge in [0.1, 0.15) is 37.1 Å². The van der Waals surface area contributed by atoms with Crippen molar-refractivity contribution in [2.24, 2.45) is 0 Å². The third kappa shape index (κ3) is 14.8. The Bertz CT molecular complexity index is 3080. The number of carbonyl (C=O) groups is 4. The van der Waals surface area contributed by atoms with Gasteiger partial charge in [0.05, 0.1) is 43.1 Å². The van der Waals surface area contributed by atoms with E-state index in [1.807, 2.05) is 121 Å². The molecule has 0 saturated carbocycles. The summed E-state index contributed by atoms with van der Waals surface area (Å²) in [4.78, 5) is 58.5. The number of amides is 1. The van der Waals surface area contributed by atoms with Crippen LogP contribution < -0.4 is 0 Å². The standard InChI is InChI=1S/C64H61NO16/c66-52-53-51(42-73-61(80-53)49-34-20-7-21-35-49)76-63(55(52)77-58(67)46-28-14-4-15-29-46)81-54-50(41-71-39-44-24-10-2-11-25-44)75-62(57(79-60(69)48-32-18-6-19-33-48)56(54)78-59(68)47-30-16-5-17-31-47)72-37-36-65(38-43-22-8-1-9-23-43)64(70)74-40-45-26-12-3-13-27-45/h1-35,50-57,61-63,66H,36-42H2/t50-,51-,52+,53-,54-,55-,56+,57-,61-,62-,63+/m1/s1. The molecule has 17 nitrogen and oxygen atoms in total. The molecular weight excluding hydrogens is 1040 g/mol. The summed E-state index contributed by atoms with van der Waals surface area (Å²) in [7, 11) is 0. The van der Waals surface area contributed by atoms with Gasteiger partial charge in [-0.3, -0.25) is 0 Å². The van der Waals surface area contributed by atoms with Crippen molar-refractivity contribution in [2.45, 2.75) is 87.5 Å². The van der Waals surface area contributed by atoms with Crippen LogP contribution in [0.15, 0.2) is 212 Å². The Hall–Kier alpha value is -8.10. The molecule has 3 saturated heterocycles. The minimum absolute atomic E-state index is 0.0132. The highest BCUT2D eigenvalue weighted by Crippen LogP contribution is 2.39. The van der Waals surface area contributed by atoms with Crippen molar-refractivity contribution in [3.8, 4) is 0 Å². The molecular formula is C64H61NO16. The molecule has 0 aliphatic carbocycles. The number of aliphatic hydroxyl groups is 1. The first-order valence-corrected chi connectivity index (χ1v) is 26.7. The minimum atomic E-state index is -1.66. The van der Waals surface area contributed by atoms with Crippen molar-refractivity contribution in [3.05, 3.63) is 251 Å². The van der Waals surface area contributed by atoms with Crippen LogP contribution in [0.1, 0.15) is 59.6 Å². The van der Waals surface area contributed by atoms with Crippen LogP contribution in [-0.2, 0) is 71.9 Å². The maximum Gasteiger partial charge on any atom is 0.410 e. The molecule has 1 amide bonds. The summed E-state index contributed by atoms with van der Waals surface area (Å²) < 4.78 is 70.8. The van der Waals surface area contributed by atoms with Crippen molar-refractivity contribution >= 4 is 24.0 Å². The molecule has 3 heterocycles. The van der Waals surface area contributed by atoms with Crippen LogP contribution >= 0.6 is 0 Å². The molecule has 0 unspecified atom stereocenters. The number of hydrogen-bond donors (Lipinski definition) is 1. The van der Waals surface area contributed by atoms with Gasteiger partial charge in [-0.1, -0.05) is 176 Å². The first kappa shape index (κ1) is 56.2. The molecule has 7 aromatic rings. The van der Waals surface area contributed by atoms with E-state index in [0.717, 1.165) is 16.7 Å². The van der Waals surface area contributed by atoms with Crippen molar-refractivity contribution < 1.29 is 76.4 Å². The second-order valence-corrected chi connectivity index (χ2v) is 19.4. The van der Waals surface area contributed by atoms with E-state index in [-0.39, 0.29) is 62.8 Å². The SMILES string of the molecule is O=C(O[C@@H]1[C@@H](OC(=O)c2ccccc2)[C@H](OCCN(Cc2ccccc2)C(=O)OCc2ccccc2)O[C@H](COCc2ccccc2)[C@H]1O[C@@H]1O[C@@H]2CO[C@@H](c3ccccc3)O[C@H]2[C@H](O)[C@H]1OC(=O)c1ccccc1)c1ccccc1. The average molecular weight is 1100 g/mol. The van der Waals surface area contributed by atoms with E-state index in [1.165, 1.54) is 4.90 Å². The van der Waals surface area contributed by atoms with E-state index >= 15 is 0 Å². The summed E-state index contributed by atoms with van der Waals surface area (Å²) in [6.07, 6.45) is -16.1. The molecule has 0 radical (unpaired) electrons. The van der Waals surface area contributed by atoms with Crippen LogP contribution in [0.2, 0.25) is 0 Å². The summed E-state index contributed by atoms with van der Waals surface area (Å²) in [5.41, 5.74) is 3.57. The van der Waals surface area contributed by atoms with Crippen molar-refractivity contribution in [2.75, 3.05) is 26.4 Å². The van der Waals surface area contributed by atoms with Crippen LogP contribution in [0.4, 0.5) is 4.79 Å². The second-order valence-electron chi connectivity index (χ2n) is 19.4. The third-order valence-corrected chi connectivity index (χ3v) is 13.7. The Labute approximate surface area is 468 Å². The Morgan fingerprint density at radius 1 is 0.506 bits per heavy atom. The molecule has 3 aliphatic heterocycles. The fourth-order valence-electron chi connectivity index (χ4n) is 9.60. The molecule has 10 rings (SSSR count). The zero-order valence-corrected chi connectivity index (χ0v) is 44.0. The van der Waals surface area contributed by atoms with Gasteiger partial charge < -0.3 is 62.1 Å². The number of hydrogen-bond acceptors (Lipinski definition) is 16. The number of benzene rings is 7. The van der Waals surface area contributed by atoms with E-state index < -0.39 is 91.7 Å². The first-order valence-electron chi connectivity index (χ1n) is 26.7. The van der Waals surface area contributed by atoms with Gasteiger partial charge in [-0.15, -0.1) is 0 Å². The lowest BCUT2D eigenvalue weighted by molar-refractivity contribution is -0.384. The maximum atomic E-state index is 14.6. The molecule has 3 fully saturated rings. The van der Waals surface area contributed by atoms with Gasteiger partial charge in [-0.05, 0) is 53.1 Å². The van der Waals surface area contributed by atoms with Crippen molar-refractivity contribution in [1.82, 2.24) is 4.90 Å². The number of carbonyl (C=O) groups excluding carboxylic acids is 4. The normalized spacial score (nSPS) is 24.1. The van der Waals surface area contributed by atoms with E-state index in [0.29, 0.717) is 5.56 Å². The molecule has 418 valence electrons. The average Bonchev–Trinajstić information content (AvgIpc) is 3.58. The third-order valence-electron chi connectivity index (χ3n) is 13.7. The molecule has 0 aromatic heterocycles. The summed E-state index contributed by atoms with van der Waals surface area (Å²) in [5.74, 6) is -2.49. The number of esters is 3. The van der Waals surface area contributed by atoms with E-state index in [4.69, 9.17) is 52.1 Å². The number of ether oxygens (including phenoxy) is 11. The number of aliphatic hydroxyl groups excluding tert-OH is 1. The molecule has 3 aliphatic rings. The molecule has 0 spiro atoms. The van der Waals surface area contributed by atoms with Crippen LogP contribution in [0.25, 0.3) is 0 Å². The fourth-order valence-corrected chi connectivity index (χ4v) is 9.60. The molecule has 11 atom stereocenters. The lowest BCUT2D eigenvalue weighted by atomic mass is 9.95. The first-order chi connectivity index (χ1) is 39.7. The van der Waals surface area contributed by atoms with Gasteiger partial charge in [0.2, 0.25) is 0 Å². The minimum Gasteiger partial charge on any atom is -0.452 e. The van der Waals surface area contributed by atoms with Crippen LogP contribution in [0.5, 0.6) is 0 Å². The van der Waals surface area contributed by atoms with Gasteiger partial charge >= 0.3 is 24.0 Å². The Morgan fingerprint density at radius 3 is 1.54 bits per heavy atom. The van der Waals surface area contributed by atoms with Crippen LogP contribution in [0, 0.1) is 0 Å². The number of fused-ring (bicyclic) bond motifs is 1. The highest BCUT2D eigenvalue weighted by Gasteiger charge is 2.57. The van der Waals surface area contributed by atoms with Crippen LogP contribution in [-0.4, -0.2) is 122 Å². The Kier molecular flexibility index (Phi) is 19.3. The molecule has 1 N–H and O–H groups in total. The van der Waals surface area contributed by atoms with E-state index in [1.54, 1.807) is 91.0 Å². The van der Waals surface area contributed by atoms with E-state index in [9.17, 15) is 24.3 Å². The largest absolute Gasteiger partial charge is 0.452 e. The van der Waals surface area contributed by atoms with Gasteiger partial charge in [0.25, 0.3) is 0 Å². The smallest absolute Gasteiger partial charge is 0.410 e. The predicted octanol–water partition coefficient (Wildman–Crippen LogP) is 9.05. The summed E-state index contributed by atoms with van der Waals surface area (Å²) >= 11 is 0. The lowest BCUT2D eigenvalue weighted by Gasteiger charge is -2.50. The summed E-state index contributed by atoms with van der Waals surface area (Å²) in [6.45, 7) is -0.368. The van der Waals surface area contributed by atoms with Gasteiger partial charge in [0.15, 0.2) is 37.2 Å². The number of rotatable bonds is 21. The predicted molar refractivity (Wildman–Crippen MR) is 291 cm³/mol. The van der Waals surface area contributed by atoms with Crippen molar-refractivity contribution in [3.63, 3.8) is 0 Å². The quantitative estimate of drug-likeness (QED) is 0.0529. The van der Waals surface area contributed by atoms with Gasteiger partial charge in [-0.2, -0.15) is 0 Å². The molecule has 17 heteroatoms. The number of nitrogens with zero attached hydrogens (tertiary/aromatic N) is 1. The topological polar surface area (TPSA) is 193 Å². The zero-order valence-electron chi connectivity index (χ0n) is 44.0. The van der Waals surface area contributed by atoms with Gasteiger partial charge in [-0.25, -0.2) is 19.2 Å². The van der Waals surface area contributed by atoms with Crippen molar-refractivity contribution in [1.29, 1.82) is 0 Å². The Balaban J connectivity index is 1.01. The zero-order chi connectivity index (χ0) is 55.8. The monoisotopic (exact) mass is 1100 g/mol. The highest BCUT2D eigenvalue weighted by molar-refractivity contribution is 5.91. The summed E-state index contributed by atoms with van der Waals surface area (Å²) in [6, 6.07) is 61.7. The fraction of sp³-hybridized carbons (Fsp3) is 0.281. The molecule has 81 heavy (non-hydrogen) atoms. The Morgan fingerprint density at radius 2 is 0.988 bits per heavy atom. The van der Waals surface area contributed by atoms with E-state index in [2.05, 4.69) is 0 Å². The van der Waals surface area contributed by atoms with Crippen LogP contribution in [0.3, 0.4) is 0 Å². The second kappa shape index (κ2) is 27.9. The molecule has 7 aromatic carbocycles. The summed E-state index contributed by atoms with van der Waals surface area (Å²) in [5, 5.41) is 12.4. The molecule has 0 bridgehead atoms. The maximum absolute atomic E-state index is 14.6. The highest BCUT2D eigenvalue weighted by atomic mass is 16.8. The lowest BCUT2D eigenvalue weighted by Crippen LogP contribution is -2.67. The van der Waals surface area contributed by atoms with Gasteiger partial charge in [0, 0.05) is 18.7 Å².